The van der Waals surface area contributed by atoms with Gasteiger partial charge in [-0.1, -0.05) is 0 Å². The van der Waals surface area contributed by atoms with Crippen LogP contribution in [0.3, 0.4) is 0 Å². The Bertz CT molecular complexity index is 553. The number of aryl methyl sites for hydroxylation is 2. The number of ether oxygens (including phenoxy) is 1. The molecule has 0 bridgehead atoms. The zero-order valence-corrected chi connectivity index (χ0v) is 17.7. The molecule has 2 rings (SSSR count). The largest absolute Gasteiger partial charge is 0.469 e. The van der Waals surface area contributed by atoms with Gasteiger partial charge in [-0.2, -0.15) is 5.10 Å². The predicted octanol–water partition coefficient (Wildman–Crippen LogP) is 1.82. The summed E-state index contributed by atoms with van der Waals surface area (Å²) in [4.78, 5) is 18.6. The molecule has 25 heavy (non-hydrogen) atoms. The molecule has 0 amide bonds. The van der Waals surface area contributed by atoms with Crippen LogP contribution in [0.25, 0.3) is 0 Å². The number of esters is 1. The Labute approximate surface area is 167 Å². The van der Waals surface area contributed by atoms with Crippen LogP contribution in [0.1, 0.15) is 31.7 Å². The summed E-state index contributed by atoms with van der Waals surface area (Å²) in [7, 11) is 3.39. The van der Waals surface area contributed by atoms with Gasteiger partial charge in [0.05, 0.1) is 19.2 Å². The molecule has 1 aromatic rings. The van der Waals surface area contributed by atoms with E-state index in [1.54, 1.807) is 0 Å². The SMILES string of the molecule is CCNC(=NCCCc1cnn(C)c1)N1CCC(C(=O)OC)CC1.I. The fourth-order valence-corrected chi connectivity index (χ4v) is 2.99. The molecule has 0 spiro atoms. The molecule has 1 N–H and O–H groups in total. The van der Waals surface area contributed by atoms with Crippen molar-refractivity contribution >= 4 is 35.9 Å². The summed E-state index contributed by atoms with van der Waals surface area (Å²) in [6, 6.07) is 0. The minimum Gasteiger partial charge on any atom is -0.469 e. The summed E-state index contributed by atoms with van der Waals surface area (Å²) >= 11 is 0. The number of rotatable bonds is 6. The van der Waals surface area contributed by atoms with Crippen LogP contribution < -0.4 is 5.32 Å². The highest BCUT2D eigenvalue weighted by molar-refractivity contribution is 14.0. The maximum atomic E-state index is 11.6. The number of nitrogens with zero attached hydrogens (tertiary/aromatic N) is 4. The quantitative estimate of drug-likeness (QED) is 0.229. The van der Waals surface area contributed by atoms with E-state index in [4.69, 9.17) is 9.73 Å². The molecule has 1 fully saturated rings. The van der Waals surface area contributed by atoms with Crippen LogP contribution in [0.2, 0.25) is 0 Å². The van der Waals surface area contributed by atoms with Crippen molar-refractivity contribution < 1.29 is 9.53 Å². The van der Waals surface area contributed by atoms with E-state index in [0.717, 1.165) is 57.8 Å². The molecule has 0 radical (unpaired) electrons. The van der Waals surface area contributed by atoms with Crippen molar-refractivity contribution in [2.24, 2.45) is 18.0 Å². The van der Waals surface area contributed by atoms with Gasteiger partial charge in [-0.05, 0) is 38.2 Å². The van der Waals surface area contributed by atoms with Gasteiger partial charge in [0, 0.05) is 39.4 Å². The maximum Gasteiger partial charge on any atom is 0.308 e. The summed E-state index contributed by atoms with van der Waals surface area (Å²) in [6.07, 6.45) is 7.60. The maximum absolute atomic E-state index is 11.6. The lowest BCUT2D eigenvalue weighted by molar-refractivity contribution is -0.146. The Morgan fingerprint density at radius 2 is 2.16 bits per heavy atom. The van der Waals surface area contributed by atoms with Crippen molar-refractivity contribution in [3.8, 4) is 0 Å². The van der Waals surface area contributed by atoms with Gasteiger partial charge in [0.25, 0.3) is 0 Å². The molecule has 0 aliphatic carbocycles. The minimum atomic E-state index is -0.0898. The third-order valence-corrected chi connectivity index (χ3v) is 4.31. The third kappa shape index (κ3) is 6.83. The summed E-state index contributed by atoms with van der Waals surface area (Å²) in [5, 5.41) is 7.54. The summed E-state index contributed by atoms with van der Waals surface area (Å²) in [5.74, 6) is 0.889. The first-order chi connectivity index (χ1) is 11.6. The van der Waals surface area contributed by atoms with Gasteiger partial charge >= 0.3 is 5.97 Å². The lowest BCUT2D eigenvalue weighted by Crippen LogP contribution is -2.46. The molecule has 1 aliphatic rings. The number of carbonyl (C=O) groups is 1. The summed E-state index contributed by atoms with van der Waals surface area (Å²) in [5.41, 5.74) is 1.25. The van der Waals surface area contributed by atoms with E-state index in [1.807, 2.05) is 24.1 Å². The van der Waals surface area contributed by atoms with E-state index in [0.29, 0.717) is 0 Å². The van der Waals surface area contributed by atoms with Gasteiger partial charge in [0.1, 0.15) is 0 Å². The normalized spacial score (nSPS) is 15.6. The van der Waals surface area contributed by atoms with Crippen molar-refractivity contribution in [2.45, 2.75) is 32.6 Å². The molecule has 142 valence electrons. The van der Waals surface area contributed by atoms with E-state index in [1.165, 1.54) is 12.7 Å². The van der Waals surface area contributed by atoms with Crippen molar-refractivity contribution in [2.75, 3.05) is 33.3 Å². The Morgan fingerprint density at radius 1 is 1.44 bits per heavy atom. The van der Waals surface area contributed by atoms with Gasteiger partial charge in [-0.15, -0.1) is 24.0 Å². The number of hydrogen-bond acceptors (Lipinski definition) is 4. The number of aliphatic imine (C=N–C) groups is 1. The number of carbonyl (C=O) groups excluding carboxylic acids is 1. The second-order valence-electron chi connectivity index (χ2n) is 6.15. The number of halogens is 1. The Kier molecular flexibility index (Phi) is 9.84. The van der Waals surface area contributed by atoms with Crippen molar-refractivity contribution in [3.05, 3.63) is 18.0 Å². The van der Waals surface area contributed by atoms with Crippen LogP contribution in [0.5, 0.6) is 0 Å². The molecule has 1 aliphatic heterocycles. The van der Waals surface area contributed by atoms with Gasteiger partial charge < -0.3 is 15.0 Å². The minimum absolute atomic E-state index is 0. The van der Waals surface area contributed by atoms with Crippen LogP contribution >= 0.6 is 24.0 Å². The molecule has 1 aromatic heterocycles. The summed E-state index contributed by atoms with van der Waals surface area (Å²) in [6.45, 7) is 5.39. The second kappa shape index (κ2) is 11.3. The number of nitrogens with one attached hydrogen (secondary N) is 1. The molecule has 2 heterocycles. The topological polar surface area (TPSA) is 71.8 Å². The van der Waals surface area contributed by atoms with E-state index < -0.39 is 0 Å². The molecule has 8 heteroatoms. The first kappa shape index (κ1) is 21.7. The second-order valence-corrected chi connectivity index (χ2v) is 6.15. The van der Waals surface area contributed by atoms with Gasteiger partial charge in [-0.25, -0.2) is 0 Å². The monoisotopic (exact) mass is 463 g/mol. The van der Waals surface area contributed by atoms with Crippen molar-refractivity contribution in [3.63, 3.8) is 0 Å². The smallest absolute Gasteiger partial charge is 0.308 e. The van der Waals surface area contributed by atoms with Gasteiger partial charge in [0.2, 0.25) is 0 Å². The Balaban J connectivity index is 0.00000312. The Morgan fingerprint density at radius 3 is 2.72 bits per heavy atom. The molecular formula is C17H30IN5O2. The highest BCUT2D eigenvalue weighted by atomic mass is 127. The molecule has 0 unspecified atom stereocenters. The molecule has 0 saturated carbocycles. The highest BCUT2D eigenvalue weighted by Crippen LogP contribution is 2.18. The van der Waals surface area contributed by atoms with E-state index >= 15 is 0 Å². The lowest BCUT2D eigenvalue weighted by atomic mass is 9.97. The van der Waals surface area contributed by atoms with Crippen LogP contribution in [-0.4, -0.2) is 59.9 Å². The number of hydrogen-bond donors (Lipinski definition) is 1. The number of piperidine rings is 1. The fourth-order valence-electron chi connectivity index (χ4n) is 2.99. The zero-order valence-electron chi connectivity index (χ0n) is 15.4. The highest BCUT2D eigenvalue weighted by Gasteiger charge is 2.26. The van der Waals surface area contributed by atoms with E-state index in [2.05, 4.69) is 22.2 Å². The van der Waals surface area contributed by atoms with Crippen LogP contribution in [0.15, 0.2) is 17.4 Å². The number of aromatic nitrogens is 2. The van der Waals surface area contributed by atoms with Crippen molar-refractivity contribution in [1.82, 2.24) is 20.0 Å². The van der Waals surface area contributed by atoms with Crippen LogP contribution in [0.4, 0.5) is 0 Å². The van der Waals surface area contributed by atoms with Gasteiger partial charge in [-0.3, -0.25) is 14.5 Å². The average molecular weight is 463 g/mol. The number of methoxy groups -OCH3 is 1. The van der Waals surface area contributed by atoms with E-state index in [-0.39, 0.29) is 35.9 Å². The first-order valence-corrected chi connectivity index (χ1v) is 8.72. The zero-order chi connectivity index (χ0) is 17.4. The van der Waals surface area contributed by atoms with Crippen LogP contribution in [-0.2, 0) is 23.0 Å². The molecule has 7 nitrogen and oxygen atoms in total. The Hall–Kier alpha value is -1.32. The molecule has 0 aromatic carbocycles. The third-order valence-electron chi connectivity index (χ3n) is 4.31. The molecule has 0 atom stereocenters. The van der Waals surface area contributed by atoms with Gasteiger partial charge in [0.15, 0.2) is 5.96 Å². The van der Waals surface area contributed by atoms with Crippen LogP contribution in [0, 0.1) is 5.92 Å². The molecular weight excluding hydrogens is 433 g/mol. The number of guanidine groups is 1. The average Bonchev–Trinajstić information content (AvgIpc) is 3.02. The number of likely N-dealkylation sites (tertiary alicyclic amines) is 1. The predicted molar refractivity (Wildman–Crippen MR) is 109 cm³/mol. The van der Waals surface area contributed by atoms with E-state index in [9.17, 15) is 4.79 Å². The lowest BCUT2D eigenvalue weighted by Gasteiger charge is -2.33. The first-order valence-electron chi connectivity index (χ1n) is 8.72. The standard InChI is InChI=1S/C17H29N5O2.HI/c1-4-18-17(19-9-5-6-14-12-20-21(2)13-14)22-10-7-15(8-11-22)16(23)24-3;/h12-13,15H,4-11H2,1-3H3,(H,18,19);1H. The summed E-state index contributed by atoms with van der Waals surface area (Å²) < 4.78 is 6.67. The fraction of sp³-hybridized carbons (Fsp3) is 0.706. The molecule has 1 saturated heterocycles. The van der Waals surface area contributed by atoms with Crippen molar-refractivity contribution in [1.29, 1.82) is 0 Å².